The fourth-order valence-corrected chi connectivity index (χ4v) is 3.94. The summed E-state index contributed by atoms with van der Waals surface area (Å²) < 4.78 is 19.7. The van der Waals surface area contributed by atoms with Crippen LogP contribution in [0.5, 0.6) is 5.75 Å². The molecule has 0 N–H and O–H groups in total. The predicted molar refractivity (Wildman–Crippen MR) is 130 cm³/mol. The van der Waals surface area contributed by atoms with Gasteiger partial charge in [0.1, 0.15) is 23.0 Å². The van der Waals surface area contributed by atoms with Gasteiger partial charge in [0.15, 0.2) is 0 Å². The molecule has 174 valence electrons. The maximum Gasteiger partial charge on any atom is 0.272 e. The Morgan fingerprint density at radius 2 is 1.85 bits per heavy atom. The number of likely N-dealkylation sites (tertiary alicyclic amines) is 1. The SMILES string of the molecule is C=C(C=CC(=CC)c1ccnc(C(=O)N(C)C2CC[N+](C)(C)CC2)c1)Oc1ccc(F)cc1. The van der Waals surface area contributed by atoms with Crippen molar-refractivity contribution in [1.82, 2.24) is 9.88 Å². The summed E-state index contributed by atoms with van der Waals surface area (Å²) in [5.74, 6) is 0.555. The minimum absolute atomic E-state index is 0.0578. The van der Waals surface area contributed by atoms with Gasteiger partial charge in [-0.2, -0.15) is 0 Å². The van der Waals surface area contributed by atoms with Crippen molar-refractivity contribution in [2.75, 3.05) is 34.2 Å². The zero-order valence-corrected chi connectivity index (χ0v) is 19.9. The van der Waals surface area contributed by atoms with Crippen LogP contribution in [0.1, 0.15) is 35.8 Å². The van der Waals surface area contributed by atoms with Gasteiger partial charge in [-0.25, -0.2) is 4.39 Å². The van der Waals surface area contributed by atoms with E-state index >= 15 is 0 Å². The lowest BCUT2D eigenvalue weighted by molar-refractivity contribution is -0.895. The molecule has 1 aliphatic rings. The highest BCUT2D eigenvalue weighted by Gasteiger charge is 2.31. The highest BCUT2D eigenvalue weighted by molar-refractivity contribution is 5.93. The van der Waals surface area contributed by atoms with Crippen molar-refractivity contribution in [1.29, 1.82) is 0 Å². The summed E-state index contributed by atoms with van der Waals surface area (Å²) in [5, 5.41) is 0. The Morgan fingerprint density at radius 3 is 2.48 bits per heavy atom. The molecule has 0 spiro atoms. The molecule has 2 heterocycles. The van der Waals surface area contributed by atoms with Crippen LogP contribution >= 0.6 is 0 Å². The van der Waals surface area contributed by atoms with Crippen LogP contribution in [0.15, 0.2) is 73.2 Å². The Labute approximate surface area is 196 Å². The van der Waals surface area contributed by atoms with E-state index in [1.165, 1.54) is 12.1 Å². The lowest BCUT2D eigenvalue weighted by atomic mass is 10.0. The number of pyridine rings is 1. The van der Waals surface area contributed by atoms with Crippen LogP contribution in [0.25, 0.3) is 5.57 Å². The third-order valence-corrected chi connectivity index (χ3v) is 6.14. The fourth-order valence-electron chi connectivity index (χ4n) is 3.94. The van der Waals surface area contributed by atoms with Gasteiger partial charge in [0.2, 0.25) is 0 Å². The number of carbonyl (C=O) groups is 1. The number of carbonyl (C=O) groups excluding carboxylic acids is 1. The molecule has 2 aromatic rings. The number of nitrogens with zero attached hydrogens (tertiary/aromatic N) is 3. The van der Waals surface area contributed by atoms with Crippen LogP contribution < -0.4 is 4.74 Å². The van der Waals surface area contributed by atoms with E-state index in [4.69, 9.17) is 4.74 Å². The summed E-state index contributed by atoms with van der Waals surface area (Å²) in [6, 6.07) is 9.71. The smallest absolute Gasteiger partial charge is 0.272 e. The van der Waals surface area contributed by atoms with Gasteiger partial charge in [0, 0.05) is 32.1 Å². The molecule has 1 aromatic carbocycles. The Kier molecular flexibility index (Phi) is 7.82. The van der Waals surface area contributed by atoms with Gasteiger partial charge in [-0.3, -0.25) is 9.78 Å². The first-order chi connectivity index (χ1) is 15.7. The summed E-state index contributed by atoms with van der Waals surface area (Å²) in [7, 11) is 6.34. The van der Waals surface area contributed by atoms with Gasteiger partial charge in [-0.1, -0.05) is 18.7 Å². The van der Waals surface area contributed by atoms with E-state index in [1.807, 2.05) is 43.2 Å². The first-order valence-electron chi connectivity index (χ1n) is 11.2. The molecule has 0 radical (unpaired) electrons. The Morgan fingerprint density at radius 1 is 1.18 bits per heavy atom. The normalized spacial score (nSPS) is 16.6. The topological polar surface area (TPSA) is 42.4 Å². The molecule has 1 saturated heterocycles. The number of ether oxygens (including phenoxy) is 1. The fraction of sp³-hybridized carbons (Fsp3) is 0.333. The quantitative estimate of drug-likeness (QED) is 0.336. The third-order valence-electron chi connectivity index (χ3n) is 6.14. The summed E-state index contributed by atoms with van der Waals surface area (Å²) in [6.45, 7) is 7.95. The lowest BCUT2D eigenvalue weighted by Gasteiger charge is -2.40. The second kappa shape index (κ2) is 10.6. The number of halogens is 1. The van der Waals surface area contributed by atoms with E-state index in [0.29, 0.717) is 17.2 Å². The summed E-state index contributed by atoms with van der Waals surface area (Å²) in [6.07, 6.45) is 9.23. The van der Waals surface area contributed by atoms with Gasteiger partial charge in [0.05, 0.1) is 27.2 Å². The lowest BCUT2D eigenvalue weighted by Crippen LogP contribution is -2.52. The molecule has 1 aliphatic heterocycles. The second-order valence-electron chi connectivity index (χ2n) is 9.06. The van der Waals surface area contributed by atoms with Crippen molar-refractivity contribution in [2.24, 2.45) is 0 Å². The van der Waals surface area contributed by atoms with Gasteiger partial charge in [-0.05, 0) is 60.5 Å². The maximum atomic E-state index is 13.1. The highest BCUT2D eigenvalue weighted by Crippen LogP contribution is 2.22. The molecule has 1 fully saturated rings. The van der Waals surface area contributed by atoms with Gasteiger partial charge < -0.3 is 14.1 Å². The zero-order valence-electron chi connectivity index (χ0n) is 19.9. The molecule has 0 atom stereocenters. The molecule has 6 heteroatoms. The molecule has 1 aromatic heterocycles. The molecule has 0 unspecified atom stereocenters. The second-order valence-corrected chi connectivity index (χ2v) is 9.06. The van der Waals surface area contributed by atoms with Gasteiger partial charge in [0.25, 0.3) is 5.91 Å². The van der Waals surface area contributed by atoms with Crippen LogP contribution in [0, 0.1) is 5.82 Å². The highest BCUT2D eigenvalue weighted by atomic mass is 19.1. The van der Waals surface area contributed by atoms with Crippen molar-refractivity contribution in [3.05, 3.63) is 90.2 Å². The van der Waals surface area contributed by atoms with Crippen LogP contribution in [0.4, 0.5) is 4.39 Å². The maximum absolute atomic E-state index is 13.1. The Bertz CT molecular complexity index is 1050. The van der Waals surface area contributed by atoms with Gasteiger partial charge >= 0.3 is 0 Å². The first kappa shape index (κ1) is 24.4. The number of rotatable bonds is 7. The first-order valence-corrected chi connectivity index (χ1v) is 11.2. The third kappa shape index (κ3) is 6.62. The van der Waals surface area contributed by atoms with E-state index in [2.05, 4.69) is 25.7 Å². The summed E-state index contributed by atoms with van der Waals surface area (Å²) in [4.78, 5) is 19.3. The number of hydrogen-bond donors (Lipinski definition) is 0. The van der Waals surface area contributed by atoms with E-state index in [-0.39, 0.29) is 17.8 Å². The van der Waals surface area contributed by atoms with Crippen LogP contribution in [0.3, 0.4) is 0 Å². The van der Waals surface area contributed by atoms with Crippen LogP contribution in [-0.2, 0) is 0 Å². The summed E-state index contributed by atoms with van der Waals surface area (Å²) in [5.41, 5.74) is 2.23. The largest absolute Gasteiger partial charge is 0.458 e. The minimum Gasteiger partial charge on any atom is -0.458 e. The molecular formula is C27H33FN3O2+. The number of quaternary nitrogens is 1. The number of allylic oxidation sites excluding steroid dienone is 4. The molecule has 0 saturated carbocycles. The molecule has 1 amide bonds. The van der Waals surface area contributed by atoms with E-state index in [0.717, 1.165) is 41.6 Å². The average Bonchev–Trinajstić information content (AvgIpc) is 2.80. The van der Waals surface area contributed by atoms with Gasteiger partial charge in [-0.15, -0.1) is 0 Å². The van der Waals surface area contributed by atoms with E-state index in [1.54, 1.807) is 24.4 Å². The van der Waals surface area contributed by atoms with Crippen LogP contribution in [-0.4, -0.2) is 60.5 Å². The molecular weight excluding hydrogens is 417 g/mol. The van der Waals surface area contributed by atoms with Crippen molar-refractivity contribution in [3.63, 3.8) is 0 Å². The number of amides is 1. The molecule has 33 heavy (non-hydrogen) atoms. The Balaban J connectivity index is 1.67. The molecule has 0 bridgehead atoms. The molecule has 5 nitrogen and oxygen atoms in total. The monoisotopic (exact) mass is 450 g/mol. The van der Waals surface area contributed by atoms with Crippen molar-refractivity contribution in [2.45, 2.75) is 25.8 Å². The van der Waals surface area contributed by atoms with Crippen LogP contribution in [0.2, 0.25) is 0 Å². The van der Waals surface area contributed by atoms with Crippen molar-refractivity contribution < 1.29 is 18.4 Å². The molecule has 0 aliphatic carbocycles. The number of benzene rings is 1. The molecule has 3 rings (SSSR count). The van der Waals surface area contributed by atoms with E-state index in [9.17, 15) is 9.18 Å². The number of piperidine rings is 1. The Hall–Kier alpha value is -3.25. The number of hydrogen-bond acceptors (Lipinski definition) is 3. The number of aromatic nitrogens is 1. The minimum atomic E-state index is -0.320. The average molecular weight is 451 g/mol. The standard InChI is InChI=1S/C27H33FN3O2/c1-6-21(8-7-20(2)33-25-11-9-23(28)10-12-25)22-13-16-29-26(19-22)27(32)30(3)24-14-17-31(4,5)18-15-24/h6-13,16,19,24H,2,14-15,17-18H2,1,3-5H3/q+1. The predicted octanol–water partition coefficient (Wildman–Crippen LogP) is 5.08. The van der Waals surface area contributed by atoms with Crippen molar-refractivity contribution >= 4 is 11.5 Å². The van der Waals surface area contributed by atoms with E-state index < -0.39 is 0 Å². The van der Waals surface area contributed by atoms with Crippen molar-refractivity contribution in [3.8, 4) is 5.75 Å². The summed E-state index contributed by atoms with van der Waals surface area (Å²) >= 11 is 0. The zero-order chi connectivity index (χ0) is 24.0.